The summed E-state index contributed by atoms with van der Waals surface area (Å²) in [5.41, 5.74) is 1.34. The maximum Gasteiger partial charge on any atom is 0.191 e. The van der Waals surface area contributed by atoms with Crippen molar-refractivity contribution in [1.29, 1.82) is 0 Å². The lowest BCUT2D eigenvalue weighted by Crippen LogP contribution is -2.44. The highest BCUT2D eigenvalue weighted by molar-refractivity contribution is 5.79. The third kappa shape index (κ3) is 5.04. The van der Waals surface area contributed by atoms with Gasteiger partial charge in [-0.1, -0.05) is 12.1 Å². The Hall–Kier alpha value is -2.47. The summed E-state index contributed by atoms with van der Waals surface area (Å²) in [6.07, 6.45) is 4.10. The molecular weight excluding hydrogens is 340 g/mol. The van der Waals surface area contributed by atoms with E-state index in [1.165, 1.54) is 18.4 Å². The van der Waals surface area contributed by atoms with Crippen LogP contribution < -0.4 is 15.4 Å². The lowest BCUT2D eigenvalue weighted by Gasteiger charge is -2.40. The Balaban J connectivity index is 1.61. The van der Waals surface area contributed by atoms with E-state index in [9.17, 15) is 0 Å². The van der Waals surface area contributed by atoms with Gasteiger partial charge in [-0.3, -0.25) is 9.89 Å². The van der Waals surface area contributed by atoms with Crippen LogP contribution in [-0.4, -0.2) is 45.2 Å². The molecule has 2 aromatic rings. The molecular formula is C21H30N4O2. The van der Waals surface area contributed by atoms with Crippen molar-refractivity contribution < 1.29 is 9.15 Å². The van der Waals surface area contributed by atoms with Crippen LogP contribution >= 0.6 is 0 Å². The number of nitrogens with zero attached hydrogens (tertiary/aromatic N) is 2. The second-order valence-electron chi connectivity index (χ2n) is 6.99. The van der Waals surface area contributed by atoms with Gasteiger partial charge in [-0.15, -0.1) is 0 Å². The number of guanidine groups is 1. The van der Waals surface area contributed by atoms with Gasteiger partial charge in [-0.2, -0.15) is 0 Å². The zero-order chi connectivity index (χ0) is 19.1. The molecule has 2 heterocycles. The molecule has 0 amide bonds. The molecule has 2 unspecified atom stereocenters. The highest BCUT2D eigenvalue weighted by Gasteiger charge is 2.30. The van der Waals surface area contributed by atoms with E-state index in [4.69, 9.17) is 9.15 Å². The van der Waals surface area contributed by atoms with Crippen molar-refractivity contribution in [3.63, 3.8) is 0 Å². The number of furan rings is 1. The number of nitrogens with one attached hydrogen (secondary N) is 2. The van der Waals surface area contributed by atoms with Crippen LogP contribution in [0.2, 0.25) is 0 Å². The third-order valence-electron chi connectivity index (χ3n) is 5.23. The van der Waals surface area contributed by atoms with Gasteiger partial charge in [0.15, 0.2) is 5.96 Å². The van der Waals surface area contributed by atoms with Gasteiger partial charge in [0.2, 0.25) is 0 Å². The summed E-state index contributed by atoms with van der Waals surface area (Å²) in [4.78, 5) is 6.79. The molecule has 1 saturated heterocycles. The van der Waals surface area contributed by atoms with E-state index in [1.54, 1.807) is 20.4 Å². The highest BCUT2D eigenvalue weighted by Crippen LogP contribution is 2.35. The van der Waals surface area contributed by atoms with Crippen molar-refractivity contribution in [2.24, 2.45) is 10.9 Å². The maximum absolute atomic E-state index is 5.37. The summed E-state index contributed by atoms with van der Waals surface area (Å²) in [5, 5.41) is 6.80. The van der Waals surface area contributed by atoms with Crippen LogP contribution in [0, 0.1) is 5.92 Å². The minimum atomic E-state index is 0.389. The average Bonchev–Trinajstić information content (AvgIpc) is 3.22. The van der Waals surface area contributed by atoms with Crippen LogP contribution in [0.5, 0.6) is 5.75 Å². The molecule has 6 nitrogen and oxygen atoms in total. The monoisotopic (exact) mass is 370 g/mol. The number of methoxy groups -OCH3 is 1. The Labute approximate surface area is 161 Å². The Morgan fingerprint density at radius 2 is 2.07 bits per heavy atom. The van der Waals surface area contributed by atoms with Crippen molar-refractivity contribution >= 4 is 5.96 Å². The van der Waals surface area contributed by atoms with Crippen LogP contribution in [0.3, 0.4) is 0 Å². The number of hydrogen-bond acceptors (Lipinski definition) is 4. The quantitative estimate of drug-likeness (QED) is 0.605. The summed E-state index contributed by atoms with van der Waals surface area (Å²) in [5.74, 6) is 3.10. The number of ether oxygens (including phenoxy) is 1. The zero-order valence-electron chi connectivity index (χ0n) is 16.4. The molecule has 0 bridgehead atoms. The Morgan fingerprint density at radius 1 is 1.26 bits per heavy atom. The average molecular weight is 370 g/mol. The van der Waals surface area contributed by atoms with Gasteiger partial charge in [0.05, 0.1) is 19.9 Å². The standard InChI is InChI=1S/C21H30N4O2/c1-22-21(24-15-19-7-5-13-27-19)23-14-17-6-4-12-25(2)20(17)16-8-10-18(26-3)11-9-16/h5,7-11,13,17,20H,4,6,12,14-15H2,1-3H3,(H2,22,23,24). The fourth-order valence-corrected chi connectivity index (χ4v) is 3.83. The molecule has 1 aliphatic heterocycles. The van der Waals surface area contributed by atoms with Gasteiger partial charge >= 0.3 is 0 Å². The Bertz CT molecular complexity index is 712. The van der Waals surface area contributed by atoms with Crippen molar-refractivity contribution in [2.45, 2.75) is 25.4 Å². The maximum atomic E-state index is 5.37. The molecule has 1 aromatic heterocycles. The van der Waals surface area contributed by atoms with Gasteiger partial charge in [-0.25, -0.2) is 0 Å². The summed E-state index contributed by atoms with van der Waals surface area (Å²) < 4.78 is 10.7. The van der Waals surface area contributed by atoms with Gasteiger partial charge in [0.1, 0.15) is 11.5 Å². The zero-order valence-corrected chi connectivity index (χ0v) is 16.4. The molecule has 0 radical (unpaired) electrons. The molecule has 2 N–H and O–H groups in total. The number of benzene rings is 1. The van der Waals surface area contributed by atoms with Crippen molar-refractivity contribution in [1.82, 2.24) is 15.5 Å². The second kappa shape index (κ2) is 9.46. The smallest absolute Gasteiger partial charge is 0.191 e. The Morgan fingerprint density at radius 3 is 2.74 bits per heavy atom. The van der Waals surface area contributed by atoms with Crippen LogP contribution in [0.4, 0.5) is 0 Å². The number of hydrogen-bond donors (Lipinski definition) is 2. The summed E-state index contributed by atoms with van der Waals surface area (Å²) >= 11 is 0. The van der Waals surface area contributed by atoms with Crippen molar-refractivity contribution in [3.05, 3.63) is 54.0 Å². The Kier molecular flexibility index (Phi) is 6.76. The first-order chi connectivity index (χ1) is 13.2. The van der Waals surface area contributed by atoms with E-state index in [0.717, 1.165) is 30.6 Å². The van der Waals surface area contributed by atoms with Crippen LogP contribution in [-0.2, 0) is 6.54 Å². The molecule has 1 aromatic carbocycles. The largest absolute Gasteiger partial charge is 0.497 e. The lowest BCUT2D eigenvalue weighted by molar-refractivity contribution is 0.122. The predicted octanol–water partition coefficient (Wildman–Crippen LogP) is 3.04. The fraction of sp³-hybridized carbons (Fsp3) is 0.476. The molecule has 2 atom stereocenters. The van der Waals surface area contributed by atoms with Crippen molar-refractivity contribution in [3.8, 4) is 5.75 Å². The first kappa shape index (κ1) is 19.3. The number of likely N-dealkylation sites (tertiary alicyclic amines) is 1. The van der Waals surface area contributed by atoms with Crippen molar-refractivity contribution in [2.75, 3.05) is 34.3 Å². The van der Waals surface area contributed by atoms with Gasteiger partial charge in [0, 0.05) is 19.6 Å². The number of piperidine rings is 1. The number of aliphatic imine (C=N–C) groups is 1. The molecule has 1 fully saturated rings. The molecule has 0 aliphatic carbocycles. The topological polar surface area (TPSA) is 62.0 Å². The summed E-state index contributed by atoms with van der Waals surface area (Å²) in [6.45, 7) is 2.62. The molecule has 0 saturated carbocycles. The minimum absolute atomic E-state index is 0.389. The van der Waals surface area contributed by atoms with E-state index in [-0.39, 0.29) is 0 Å². The van der Waals surface area contributed by atoms with E-state index in [1.807, 2.05) is 24.3 Å². The number of rotatable bonds is 6. The SMILES string of the molecule is CN=C(NCc1ccco1)NCC1CCCN(C)C1c1ccc(OC)cc1. The van der Waals surface area contributed by atoms with E-state index >= 15 is 0 Å². The fourth-order valence-electron chi connectivity index (χ4n) is 3.83. The normalized spacial score (nSPS) is 21.1. The molecule has 27 heavy (non-hydrogen) atoms. The molecule has 146 valence electrons. The first-order valence-corrected chi connectivity index (χ1v) is 9.52. The lowest BCUT2D eigenvalue weighted by atomic mass is 9.85. The molecule has 3 rings (SSSR count). The summed E-state index contributed by atoms with van der Waals surface area (Å²) in [7, 11) is 5.71. The molecule has 0 spiro atoms. The van der Waals surface area contributed by atoms with Gasteiger partial charge < -0.3 is 19.8 Å². The minimum Gasteiger partial charge on any atom is -0.497 e. The first-order valence-electron chi connectivity index (χ1n) is 9.52. The van der Waals surface area contributed by atoms with Crippen LogP contribution in [0.15, 0.2) is 52.1 Å². The summed E-state index contributed by atoms with van der Waals surface area (Å²) in [6, 6.07) is 12.7. The second-order valence-corrected chi connectivity index (χ2v) is 6.99. The predicted molar refractivity (Wildman–Crippen MR) is 108 cm³/mol. The van der Waals surface area contributed by atoms with Gasteiger partial charge in [0.25, 0.3) is 0 Å². The van der Waals surface area contributed by atoms with Crippen LogP contribution in [0.25, 0.3) is 0 Å². The van der Waals surface area contributed by atoms with Crippen LogP contribution in [0.1, 0.15) is 30.2 Å². The van der Waals surface area contributed by atoms with E-state index in [0.29, 0.717) is 18.5 Å². The molecule has 6 heteroatoms. The van der Waals surface area contributed by atoms with Gasteiger partial charge in [-0.05, 0) is 62.2 Å². The van der Waals surface area contributed by atoms with E-state index < -0.39 is 0 Å². The molecule has 1 aliphatic rings. The highest BCUT2D eigenvalue weighted by atomic mass is 16.5. The third-order valence-corrected chi connectivity index (χ3v) is 5.23. The van der Waals surface area contributed by atoms with E-state index in [2.05, 4.69) is 39.7 Å².